The van der Waals surface area contributed by atoms with Gasteiger partial charge in [-0.15, -0.1) is 0 Å². The van der Waals surface area contributed by atoms with E-state index in [0.29, 0.717) is 6.42 Å². The molecular weight excluding hydrogens is 140 g/mol. The highest BCUT2D eigenvalue weighted by Gasteiger charge is 2.00. The monoisotopic (exact) mass is 152 g/mol. The van der Waals surface area contributed by atoms with Gasteiger partial charge < -0.3 is 10.3 Å². The van der Waals surface area contributed by atoms with Crippen LogP contribution in [0.25, 0.3) is 0 Å². The molecule has 4 nitrogen and oxygen atoms in total. The normalized spacial score (nSPS) is 9.91. The third-order valence-corrected chi connectivity index (χ3v) is 1.49. The second kappa shape index (κ2) is 3.18. The van der Waals surface area contributed by atoms with Crippen LogP contribution in [0.1, 0.15) is 12.7 Å². The molecule has 1 aromatic rings. The third kappa shape index (κ3) is 1.80. The van der Waals surface area contributed by atoms with Gasteiger partial charge in [0.2, 0.25) is 0 Å². The van der Waals surface area contributed by atoms with Crippen molar-refractivity contribution >= 4 is 5.84 Å². The Hall–Kier alpha value is -1.32. The van der Waals surface area contributed by atoms with Crippen molar-refractivity contribution in [3.05, 3.63) is 18.2 Å². The van der Waals surface area contributed by atoms with E-state index in [2.05, 4.69) is 4.98 Å². The zero-order valence-electron chi connectivity index (χ0n) is 6.54. The number of imidazole rings is 1. The van der Waals surface area contributed by atoms with Gasteiger partial charge in [0.25, 0.3) is 0 Å². The van der Waals surface area contributed by atoms with Crippen molar-refractivity contribution in [1.29, 1.82) is 5.41 Å². The standard InChI is InChI=1S/C7H12N4/c1-2-11-4-3-10-7(11)5-6(8)9/h3-4H,2,5H2,1H3,(H3,8,9). The van der Waals surface area contributed by atoms with E-state index in [1.165, 1.54) is 0 Å². The van der Waals surface area contributed by atoms with E-state index in [9.17, 15) is 0 Å². The molecule has 0 spiro atoms. The van der Waals surface area contributed by atoms with E-state index >= 15 is 0 Å². The first kappa shape index (κ1) is 7.78. The smallest absolute Gasteiger partial charge is 0.116 e. The van der Waals surface area contributed by atoms with E-state index in [0.717, 1.165) is 12.4 Å². The van der Waals surface area contributed by atoms with Crippen LogP contribution in [-0.4, -0.2) is 15.4 Å². The van der Waals surface area contributed by atoms with E-state index in [1.807, 2.05) is 17.7 Å². The maximum atomic E-state index is 7.07. The minimum Gasteiger partial charge on any atom is -0.387 e. The molecule has 0 bridgehead atoms. The highest BCUT2D eigenvalue weighted by atomic mass is 15.1. The van der Waals surface area contributed by atoms with E-state index < -0.39 is 0 Å². The molecule has 0 amide bonds. The first-order valence-electron chi connectivity index (χ1n) is 3.57. The summed E-state index contributed by atoms with van der Waals surface area (Å²) in [5.41, 5.74) is 5.24. The number of nitrogens with zero attached hydrogens (tertiary/aromatic N) is 2. The summed E-state index contributed by atoms with van der Waals surface area (Å²) in [6.07, 6.45) is 4.06. The number of nitrogens with one attached hydrogen (secondary N) is 1. The molecule has 0 fully saturated rings. The second-order valence-corrected chi connectivity index (χ2v) is 2.33. The number of hydrogen-bond donors (Lipinski definition) is 2. The molecule has 0 saturated carbocycles. The molecule has 0 unspecified atom stereocenters. The summed E-state index contributed by atoms with van der Waals surface area (Å²) in [5.74, 6) is 1.02. The van der Waals surface area contributed by atoms with Crippen LogP contribution < -0.4 is 5.73 Å². The van der Waals surface area contributed by atoms with Crippen LogP contribution in [0.3, 0.4) is 0 Å². The lowest BCUT2D eigenvalue weighted by atomic mass is 10.4. The quantitative estimate of drug-likeness (QED) is 0.485. The van der Waals surface area contributed by atoms with Gasteiger partial charge in [0.15, 0.2) is 0 Å². The van der Waals surface area contributed by atoms with Gasteiger partial charge in [0.05, 0.1) is 12.3 Å². The molecule has 1 heterocycles. The van der Waals surface area contributed by atoms with Gasteiger partial charge in [0, 0.05) is 18.9 Å². The number of amidine groups is 1. The van der Waals surface area contributed by atoms with E-state index in [1.54, 1.807) is 6.20 Å². The third-order valence-electron chi connectivity index (χ3n) is 1.49. The van der Waals surface area contributed by atoms with Gasteiger partial charge >= 0.3 is 0 Å². The number of nitrogens with two attached hydrogens (primary N) is 1. The molecule has 0 aliphatic carbocycles. The summed E-state index contributed by atoms with van der Waals surface area (Å²) in [6.45, 7) is 2.91. The van der Waals surface area contributed by atoms with Crippen molar-refractivity contribution in [3.63, 3.8) is 0 Å². The van der Waals surface area contributed by atoms with Gasteiger partial charge in [-0.1, -0.05) is 0 Å². The minimum absolute atomic E-state index is 0.158. The largest absolute Gasteiger partial charge is 0.387 e. The molecule has 11 heavy (non-hydrogen) atoms. The van der Waals surface area contributed by atoms with E-state index in [-0.39, 0.29) is 5.84 Å². The van der Waals surface area contributed by atoms with Crippen LogP contribution >= 0.6 is 0 Å². The molecule has 4 heteroatoms. The molecule has 0 aliphatic rings. The fraction of sp³-hybridized carbons (Fsp3) is 0.429. The van der Waals surface area contributed by atoms with Crippen LogP contribution in [0.2, 0.25) is 0 Å². The zero-order valence-corrected chi connectivity index (χ0v) is 6.54. The SMILES string of the molecule is CCn1ccnc1CC(=N)N. The highest BCUT2D eigenvalue weighted by molar-refractivity contribution is 5.78. The lowest BCUT2D eigenvalue weighted by molar-refractivity contribution is 0.719. The Bertz CT molecular complexity index is 251. The average molecular weight is 152 g/mol. The second-order valence-electron chi connectivity index (χ2n) is 2.33. The van der Waals surface area contributed by atoms with Gasteiger partial charge in [0.1, 0.15) is 5.82 Å². The Morgan fingerprint density at radius 2 is 2.55 bits per heavy atom. The van der Waals surface area contributed by atoms with Gasteiger partial charge in [-0.3, -0.25) is 5.41 Å². The van der Waals surface area contributed by atoms with E-state index in [4.69, 9.17) is 11.1 Å². The number of aromatic nitrogens is 2. The average Bonchev–Trinajstić information content (AvgIpc) is 2.34. The van der Waals surface area contributed by atoms with Crippen molar-refractivity contribution in [2.24, 2.45) is 5.73 Å². The summed E-state index contributed by atoms with van der Waals surface area (Å²) in [4.78, 5) is 4.07. The Balaban J connectivity index is 2.76. The molecular formula is C7H12N4. The number of rotatable bonds is 3. The van der Waals surface area contributed by atoms with Crippen molar-refractivity contribution in [3.8, 4) is 0 Å². The van der Waals surface area contributed by atoms with Crippen LogP contribution in [0.5, 0.6) is 0 Å². The maximum Gasteiger partial charge on any atom is 0.116 e. The minimum atomic E-state index is 0.158. The summed E-state index contributed by atoms with van der Waals surface area (Å²) in [7, 11) is 0. The number of aryl methyl sites for hydroxylation is 1. The Morgan fingerprint density at radius 3 is 3.09 bits per heavy atom. The van der Waals surface area contributed by atoms with Crippen LogP contribution in [0, 0.1) is 5.41 Å². The fourth-order valence-corrected chi connectivity index (χ4v) is 0.965. The lowest BCUT2D eigenvalue weighted by Crippen LogP contribution is -2.16. The predicted molar refractivity (Wildman–Crippen MR) is 43.5 cm³/mol. The van der Waals surface area contributed by atoms with Crippen molar-refractivity contribution in [2.75, 3.05) is 0 Å². The van der Waals surface area contributed by atoms with Gasteiger partial charge in [-0.2, -0.15) is 0 Å². The van der Waals surface area contributed by atoms with Gasteiger partial charge in [-0.05, 0) is 6.92 Å². The van der Waals surface area contributed by atoms with Crippen LogP contribution in [0.15, 0.2) is 12.4 Å². The molecule has 1 rings (SSSR count). The molecule has 0 aromatic carbocycles. The summed E-state index contributed by atoms with van der Waals surface area (Å²) in [5, 5.41) is 7.07. The molecule has 1 aromatic heterocycles. The number of hydrogen-bond acceptors (Lipinski definition) is 2. The van der Waals surface area contributed by atoms with Crippen LogP contribution in [-0.2, 0) is 13.0 Å². The molecule has 0 saturated heterocycles. The fourth-order valence-electron chi connectivity index (χ4n) is 0.965. The van der Waals surface area contributed by atoms with Crippen LogP contribution in [0.4, 0.5) is 0 Å². The first-order chi connectivity index (χ1) is 5.24. The summed E-state index contributed by atoms with van der Waals surface area (Å²) in [6, 6.07) is 0. The molecule has 0 atom stereocenters. The van der Waals surface area contributed by atoms with Crippen molar-refractivity contribution in [1.82, 2.24) is 9.55 Å². The molecule has 0 radical (unpaired) electrons. The first-order valence-corrected chi connectivity index (χ1v) is 3.57. The zero-order chi connectivity index (χ0) is 8.27. The molecule has 0 aliphatic heterocycles. The Kier molecular flexibility index (Phi) is 2.25. The maximum absolute atomic E-state index is 7.07. The predicted octanol–water partition coefficient (Wildman–Crippen LogP) is 0.381. The van der Waals surface area contributed by atoms with Crippen molar-refractivity contribution in [2.45, 2.75) is 19.9 Å². The summed E-state index contributed by atoms with van der Waals surface area (Å²) < 4.78 is 1.97. The van der Waals surface area contributed by atoms with Gasteiger partial charge in [-0.25, -0.2) is 4.98 Å². The lowest BCUT2D eigenvalue weighted by Gasteiger charge is -2.01. The topological polar surface area (TPSA) is 67.7 Å². The Labute approximate surface area is 65.6 Å². The highest BCUT2D eigenvalue weighted by Crippen LogP contribution is 1.97. The Morgan fingerprint density at radius 1 is 1.82 bits per heavy atom. The molecule has 3 N–H and O–H groups in total. The summed E-state index contributed by atoms with van der Waals surface area (Å²) >= 11 is 0. The molecule has 60 valence electrons. The van der Waals surface area contributed by atoms with Crippen molar-refractivity contribution < 1.29 is 0 Å².